The summed E-state index contributed by atoms with van der Waals surface area (Å²) < 4.78 is 45.4. The molecule has 1 saturated heterocycles. The first-order chi connectivity index (χ1) is 16.3. The van der Waals surface area contributed by atoms with E-state index in [4.69, 9.17) is 4.74 Å². The molecule has 2 aromatic rings. The van der Waals surface area contributed by atoms with Crippen molar-refractivity contribution in [1.29, 1.82) is 0 Å². The van der Waals surface area contributed by atoms with Gasteiger partial charge in [0.05, 0.1) is 11.7 Å². The molecule has 1 amide bonds. The normalized spacial score (nSPS) is 21.4. The van der Waals surface area contributed by atoms with Crippen molar-refractivity contribution >= 4 is 17.3 Å². The Hall–Kier alpha value is -2.74. The van der Waals surface area contributed by atoms with Crippen molar-refractivity contribution in [2.45, 2.75) is 50.9 Å². The number of rotatable bonds is 6. The smallest absolute Gasteiger partial charge is 0.382 e. The molecule has 2 fully saturated rings. The van der Waals surface area contributed by atoms with Crippen LogP contribution in [0.1, 0.15) is 36.8 Å². The van der Waals surface area contributed by atoms with Gasteiger partial charge < -0.3 is 19.9 Å². The largest absolute Gasteiger partial charge is 0.416 e. The van der Waals surface area contributed by atoms with Crippen LogP contribution in [0.4, 0.5) is 24.5 Å². The highest BCUT2D eigenvalue weighted by atomic mass is 19.4. The third-order valence-corrected chi connectivity index (χ3v) is 6.78. The zero-order valence-electron chi connectivity index (χ0n) is 19.5. The average Bonchev–Trinajstić information content (AvgIpc) is 2.84. The zero-order chi connectivity index (χ0) is 24.1. The SMILES string of the molecule is Cc1ccc(NC2CCC(OCC(=O)N3CCN(c4ccccc4)CC3)CC2)cc1C(F)(F)F. The van der Waals surface area contributed by atoms with Gasteiger partial charge in [0.2, 0.25) is 5.91 Å². The third kappa shape index (κ3) is 6.23. The van der Waals surface area contributed by atoms with Gasteiger partial charge in [-0.25, -0.2) is 0 Å². The van der Waals surface area contributed by atoms with Crippen molar-refractivity contribution in [3.05, 3.63) is 59.7 Å². The number of alkyl halides is 3. The first kappa shape index (κ1) is 24.4. The fourth-order valence-electron chi connectivity index (χ4n) is 4.76. The van der Waals surface area contributed by atoms with E-state index in [9.17, 15) is 18.0 Å². The Kier molecular flexibility index (Phi) is 7.66. The molecule has 8 heteroatoms. The third-order valence-electron chi connectivity index (χ3n) is 6.78. The first-order valence-corrected chi connectivity index (χ1v) is 11.9. The molecule has 1 N–H and O–H groups in total. The molecule has 2 aliphatic rings. The van der Waals surface area contributed by atoms with E-state index in [1.807, 2.05) is 23.1 Å². The molecule has 0 radical (unpaired) electrons. The number of nitrogens with one attached hydrogen (secondary N) is 1. The number of halogens is 3. The second kappa shape index (κ2) is 10.7. The standard InChI is InChI=1S/C26H32F3N3O2/c1-19-7-8-21(17-24(19)26(27,28)29)30-20-9-11-23(12-10-20)34-18-25(33)32-15-13-31(14-16-32)22-5-3-2-4-6-22/h2-8,17,20,23,30H,9-16,18H2,1H3. The summed E-state index contributed by atoms with van der Waals surface area (Å²) in [5.74, 6) is 0.0206. The average molecular weight is 476 g/mol. The summed E-state index contributed by atoms with van der Waals surface area (Å²) >= 11 is 0. The Morgan fingerprint density at radius 3 is 2.32 bits per heavy atom. The molecule has 1 aliphatic heterocycles. The number of benzene rings is 2. The number of ether oxygens (including phenoxy) is 1. The Morgan fingerprint density at radius 1 is 1.00 bits per heavy atom. The number of piperazine rings is 1. The Bertz CT molecular complexity index is 952. The number of anilines is 2. The van der Waals surface area contributed by atoms with Crippen molar-refractivity contribution in [2.75, 3.05) is 43.0 Å². The molecule has 184 valence electrons. The summed E-state index contributed by atoms with van der Waals surface area (Å²) in [4.78, 5) is 16.8. The fourth-order valence-corrected chi connectivity index (χ4v) is 4.76. The van der Waals surface area contributed by atoms with Crippen molar-refractivity contribution < 1.29 is 22.7 Å². The molecule has 0 unspecified atom stereocenters. The topological polar surface area (TPSA) is 44.8 Å². The van der Waals surface area contributed by atoms with Gasteiger partial charge >= 0.3 is 6.18 Å². The van der Waals surface area contributed by atoms with Crippen molar-refractivity contribution in [2.24, 2.45) is 0 Å². The molecule has 0 aromatic heterocycles. The van der Waals surface area contributed by atoms with Crippen molar-refractivity contribution in [3.63, 3.8) is 0 Å². The predicted molar refractivity (Wildman–Crippen MR) is 127 cm³/mol. The lowest BCUT2D eigenvalue weighted by atomic mass is 9.92. The van der Waals surface area contributed by atoms with Crippen LogP contribution in [0.25, 0.3) is 0 Å². The second-order valence-electron chi connectivity index (χ2n) is 9.16. The maximum Gasteiger partial charge on any atom is 0.416 e. The van der Waals surface area contributed by atoms with Gasteiger partial charge in [-0.3, -0.25) is 4.79 Å². The van der Waals surface area contributed by atoms with Crippen molar-refractivity contribution in [3.8, 4) is 0 Å². The number of amides is 1. The summed E-state index contributed by atoms with van der Waals surface area (Å²) in [6.45, 7) is 4.54. The van der Waals surface area contributed by atoms with Gasteiger partial charge in [-0.1, -0.05) is 24.3 Å². The summed E-state index contributed by atoms with van der Waals surface area (Å²) in [6.07, 6.45) is -1.19. The zero-order valence-corrected chi connectivity index (χ0v) is 19.5. The van der Waals surface area contributed by atoms with Gasteiger partial charge in [0.25, 0.3) is 0 Å². The molecular weight excluding hydrogens is 443 g/mol. The molecule has 1 aliphatic carbocycles. The van der Waals surface area contributed by atoms with Crippen LogP contribution in [0.3, 0.4) is 0 Å². The Labute approximate surface area is 198 Å². The van der Waals surface area contributed by atoms with Crippen LogP contribution < -0.4 is 10.2 Å². The van der Waals surface area contributed by atoms with Crippen molar-refractivity contribution in [1.82, 2.24) is 4.90 Å². The highest BCUT2D eigenvalue weighted by Crippen LogP contribution is 2.34. The van der Waals surface area contributed by atoms with E-state index in [2.05, 4.69) is 22.3 Å². The molecule has 0 spiro atoms. The number of para-hydroxylation sites is 1. The number of hydrogen-bond acceptors (Lipinski definition) is 4. The van der Waals surface area contributed by atoms with E-state index in [1.165, 1.54) is 24.7 Å². The van der Waals surface area contributed by atoms with E-state index in [0.717, 1.165) is 38.8 Å². The van der Waals surface area contributed by atoms with Crippen LogP contribution in [-0.2, 0) is 15.7 Å². The van der Waals surface area contributed by atoms with Gasteiger partial charge in [0, 0.05) is 43.6 Å². The van der Waals surface area contributed by atoms with Crippen LogP contribution >= 0.6 is 0 Å². The Balaban J connectivity index is 1.18. The Morgan fingerprint density at radius 2 is 1.68 bits per heavy atom. The fraction of sp³-hybridized carbons (Fsp3) is 0.500. The van der Waals surface area contributed by atoms with Gasteiger partial charge in [0.15, 0.2) is 0 Å². The molecule has 1 saturated carbocycles. The number of carbonyl (C=O) groups is 1. The monoisotopic (exact) mass is 475 g/mol. The van der Waals surface area contributed by atoms with Crippen LogP contribution in [0.15, 0.2) is 48.5 Å². The molecule has 0 bridgehead atoms. The summed E-state index contributed by atoms with van der Waals surface area (Å²) in [5.41, 5.74) is 1.29. The van der Waals surface area contributed by atoms with E-state index in [1.54, 1.807) is 6.07 Å². The van der Waals surface area contributed by atoms with E-state index < -0.39 is 11.7 Å². The molecule has 1 heterocycles. The number of hydrogen-bond donors (Lipinski definition) is 1. The minimum Gasteiger partial charge on any atom is -0.382 e. The quantitative estimate of drug-likeness (QED) is 0.631. The summed E-state index contributed by atoms with van der Waals surface area (Å²) in [6, 6.07) is 14.7. The van der Waals surface area contributed by atoms with Gasteiger partial charge in [0.1, 0.15) is 6.61 Å². The lowest BCUT2D eigenvalue weighted by Crippen LogP contribution is -2.50. The summed E-state index contributed by atoms with van der Waals surface area (Å²) in [5, 5.41) is 3.24. The molecule has 0 atom stereocenters. The van der Waals surface area contributed by atoms with Gasteiger partial charge in [-0.05, 0) is 62.4 Å². The minimum absolute atomic E-state index is 0.0105. The lowest BCUT2D eigenvalue weighted by molar-refractivity contribution is -0.139. The van der Waals surface area contributed by atoms with Gasteiger partial charge in [-0.15, -0.1) is 0 Å². The maximum atomic E-state index is 13.2. The number of carbonyl (C=O) groups excluding carboxylic acids is 1. The van der Waals surface area contributed by atoms with Crippen LogP contribution in [0, 0.1) is 6.92 Å². The molecular formula is C26H32F3N3O2. The molecule has 5 nitrogen and oxygen atoms in total. The van der Waals surface area contributed by atoms with E-state index in [-0.39, 0.29) is 30.2 Å². The minimum atomic E-state index is -4.35. The lowest BCUT2D eigenvalue weighted by Gasteiger charge is -2.36. The van der Waals surface area contributed by atoms with Crippen LogP contribution in [0.5, 0.6) is 0 Å². The second-order valence-corrected chi connectivity index (χ2v) is 9.16. The molecule has 34 heavy (non-hydrogen) atoms. The molecule has 2 aromatic carbocycles. The number of nitrogens with zero attached hydrogens (tertiary/aromatic N) is 2. The summed E-state index contributed by atoms with van der Waals surface area (Å²) in [7, 11) is 0. The van der Waals surface area contributed by atoms with Crippen LogP contribution in [-0.4, -0.2) is 55.7 Å². The number of aryl methyl sites for hydroxylation is 1. The highest BCUT2D eigenvalue weighted by Gasteiger charge is 2.33. The van der Waals surface area contributed by atoms with Gasteiger partial charge in [-0.2, -0.15) is 13.2 Å². The first-order valence-electron chi connectivity index (χ1n) is 11.9. The molecule has 4 rings (SSSR count). The highest BCUT2D eigenvalue weighted by molar-refractivity contribution is 5.77. The maximum absolute atomic E-state index is 13.2. The van der Waals surface area contributed by atoms with E-state index >= 15 is 0 Å². The predicted octanol–water partition coefficient (Wildman–Crippen LogP) is 5.10. The van der Waals surface area contributed by atoms with Crippen LogP contribution in [0.2, 0.25) is 0 Å². The van der Waals surface area contributed by atoms with E-state index in [0.29, 0.717) is 18.8 Å².